The van der Waals surface area contributed by atoms with E-state index in [9.17, 15) is 4.39 Å². The van der Waals surface area contributed by atoms with Crippen LogP contribution in [0, 0.1) is 9.39 Å². The molecule has 0 aliphatic heterocycles. The highest BCUT2D eigenvalue weighted by atomic mass is 127. The summed E-state index contributed by atoms with van der Waals surface area (Å²) in [5.41, 5.74) is 5.71. The fourth-order valence-electron chi connectivity index (χ4n) is 0.764. The van der Waals surface area contributed by atoms with Crippen molar-refractivity contribution in [1.29, 1.82) is 0 Å². The maximum Gasteiger partial charge on any atom is 0.145 e. The van der Waals surface area contributed by atoms with Crippen molar-refractivity contribution in [2.45, 2.75) is 6.42 Å². The number of hydrogen-bond donors (Lipinski definition) is 1. The summed E-state index contributed by atoms with van der Waals surface area (Å²) in [5, 5.41) is 0. The van der Waals surface area contributed by atoms with Crippen molar-refractivity contribution in [3.05, 3.63) is 27.3 Å². The van der Waals surface area contributed by atoms with Gasteiger partial charge in [-0.2, -0.15) is 0 Å². The Morgan fingerprint density at radius 3 is 2.91 bits per heavy atom. The van der Waals surface area contributed by atoms with Gasteiger partial charge in [0, 0.05) is 16.2 Å². The van der Waals surface area contributed by atoms with E-state index in [1.807, 2.05) is 22.6 Å². The predicted octanol–water partition coefficient (Wildman–Crippen LogP) is 1.33. The Hall–Kier alpha value is -0.230. The fourth-order valence-corrected chi connectivity index (χ4v) is 1.18. The molecule has 0 saturated heterocycles. The van der Waals surface area contributed by atoms with E-state index >= 15 is 0 Å². The molecule has 1 heterocycles. The number of halogens is 2. The van der Waals surface area contributed by atoms with Crippen LogP contribution < -0.4 is 5.73 Å². The van der Waals surface area contributed by atoms with Crippen molar-refractivity contribution in [2.75, 3.05) is 6.54 Å². The van der Waals surface area contributed by atoms with Gasteiger partial charge in [-0.3, -0.25) is 4.98 Å². The standard InChI is InChI=1S/C7H8FIN2/c8-6-3-5(9)4-11-7(6)1-2-10/h3-4H,1-2,10H2. The fraction of sp³-hybridized carbons (Fsp3) is 0.286. The smallest absolute Gasteiger partial charge is 0.145 e. The zero-order valence-electron chi connectivity index (χ0n) is 5.85. The third kappa shape index (κ3) is 2.37. The van der Waals surface area contributed by atoms with E-state index in [4.69, 9.17) is 5.73 Å². The maximum absolute atomic E-state index is 12.9. The van der Waals surface area contributed by atoms with Crippen LogP contribution in [-0.4, -0.2) is 11.5 Å². The summed E-state index contributed by atoms with van der Waals surface area (Å²) >= 11 is 2.02. The van der Waals surface area contributed by atoms with Crippen molar-refractivity contribution in [2.24, 2.45) is 5.73 Å². The third-order valence-electron chi connectivity index (χ3n) is 1.27. The molecule has 2 nitrogen and oxygen atoms in total. The third-order valence-corrected chi connectivity index (χ3v) is 1.86. The quantitative estimate of drug-likeness (QED) is 0.820. The normalized spacial score (nSPS) is 10.1. The molecule has 0 unspecified atom stereocenters. The lowest BCUT2D eigenvalue weighted by Crippen LogP contribution is -2.06. The van der Waals surface area contributed by atoms with Crippen molar-refractivity contribution >= 4 is 22.6 Å². The first-order chi connectivity index (χ1) is 5.24. The van der Waals surface area contributed by atoms with Crippen LogP contribution in [0.1, 0.15) is 5.69 Å². The van der Waals surface area contributed by atoms with E-state index in [1.54, 1.807) is 6.20 Å². The Labute approximate surface area is 78.1 Å². The molecule has 0 amide bonds. The monoisotopic (exact) mass is 266 g/mol. The molecule has 1 aromatic rings. The lowest BCUT2D eigenvalue weighted by atomic mass is 10.2. The second-order valence-electron chi connectivity index (χ2n) is 2.12. The number of nitrogens with two attached hydrogens (primary N) is 1. The molecule has 0 aromatic carbocycles. The summed E-state index contributed by atoms with van der Waals surface area (Å²) in [7, 11) is 0. The lowest BCUT2D eigenvalue weighted by Gasteiger charge is -1.98. The van der Waals surface area contributed by atoms with Gasteiger partial charge in [-0.15, -0.1) is 0 Å². The largest absolute Gasteiger partial charge is 0.330 e. The predicted molar refractivity (Wildman–Crippen MR) is 49.7 cm³/mol. The summed E-state index contributed by atoms with van der Waals surface area (Å²) in [6, 6.07) is 1.46. The summed E-state index contributed by atoms with van der Waals surface area (Å²) in [5.74, 6) is -0.262. The molecule has 60 valence electrons. The van der Waals surface area contributed by atoms with E-state index < -0.39 is 0 Å². The average molecular weight is 266 g/mol. The van der Waals surface area contributed by atoms with E-state index in [0.29, 0.717) is 18.7 Å². The van der Waals surface area contributed by atoms with E-state index in [2.05, 4.69) is 4.98 Å². The molecule has 0 saturated carbocycles. The molecule has 1 aromatic heterocycles. The van der Waals surface area contributed by atoms with Gasteiger partial charge in [0.25, 0.3) is 0 Å². The molecule has 2 N–H and O–H groups in total. The molecule has 0 aliphatic rings. The molecule has 0 aliphatic carbocycles. The number of nitrogens with zero attached hydrogens (tertiary/aromatic N) is 1. The van der Waals surface area contributed by atoms with Gasteiger partial charge in [0.1, 0.15) is 5.82 Å². The molecular formula is C7H8FIN2. The zero-order valence-corrected chi connectivity index (χ0v) is 8.01. The summed E-state index contributed by atoms with van der Waals surface area (Å²) < 4.78 is 13.7. The van der Waals surface area contributed by atoms with Crippen LogP contribution in [0.25, 0.3) is 0 Å². The van der Waals surface area contributed by atoms with Gasteiger partial charge in [-0.1, -0.05) is 0 Å². The number of pyridine rings is 1. The molecule has 0 atom stereocenters. The van der Waals surface area contributed by atoms with E-state index in [0.717, 1.165) is 3.57 Å². The Balaban J connectivity index is 2.90. The van der Waals surface area contributed by atoms with Gasteiger partial charge in [0.2, 0.25) is 0 Å². The minimum atomic E-state index is -0.262. The van der Waals surface area contributed by atoms with Crippen molar-refractivity contribution in [3.8, 4) is 0 Å². The topological polar surface area (TPSA) is 38.9 Å². The minimum Gasteiger partial charge on any atom is -0.330 e. The van der Waals surface area contributed by atoms with Crippen LogP contribution in [0.5, 0.6) is 0 Å². The molecular weight excluding hydrogens is 258 g/mol. The van der Waals surface area contributed by atoms with Gasteiger partial charge in [-0.25, -0.2) is 4.39 Å². The Kier molecular flexibility index (Phi) is 3.19. The second kappa shape index (κ2) is 3.96. The molecule has 4 heteroatoms. The molecule has 0 radical (unpaired) electrons. The summed E-state index contributed by atoms with van der Waals surface area (Å²) in [6.45, 7) is 0.435. The number of rotatable bonds is 2. The van der Waals surface area contributed by atoms with Crippen molar-refractivity contribution < 1.29 is 4.39 Å². The molecule has 0 bridgehead atoms. The minimum absolute atomic E-state index is 0.262. The highest BCUT2D eigenvalue weighted by molar-refractivity contribution is 14.1. The first-order valence-corrected chi connectivity index (χ1v) is 4.32. The first kappa shape index (κ1) is 8.86. The van der Waals surface area contributed by atoms with Crippen LogP contribution in [0.3, 0.4) is 0 Å². The SMILES string of the molecule is NCCc1ncc(I)cc1F. The summed E-state index contributed by atoms with van der Waals surface area (Å²) in [6.07, 6.45) is 2.14. The van der Waals surface area contributed by atoms with E-state index in [1.165, 1.54) is 6.07 Å². The molecule has 1 rings (SSSR count). The number of hydrogen-bond acceptors (Lipinski definition) is 2. The van der Waals surface area contributed by atoms with Crippen molar-refractivity contribution in [1.82, 2.24) is 4.98 Å². The van der Waals surface area contributed by atoms with Crippen LogP contribution >= 0.6 is 22.6 Å². The van der Waals surface area contributed by atoms with Crippen LogP contribution in [0.2, 0.25) is 0 Å². The molecule has 0 spiro atoms. The molecule has 11 heavy (non-hydrogen) atoms. The van der Waals surface area contributed by atoms with Crippen LogP contribution in [0.4, 0.5) is 4.39 Å². The molecule has 0 fully saturated rings. The van der Waals surface area contributed by atoms with Crippen molar-refractivity contribution in [3.63, 3.8) is 0 Å². The lowest BCUT2D eigenvalue weighted by molar-refractivity contribution is 0.597. The zero-order chi connectivity index (χ0) is 8.27. The number of aromatic nitrogens is 1. The van der Waals surface area contributed by atoms with Crippen LogP contribution in [0.15, 0.2) is 12.3 Å². The van der Waals surface area contributed by atoms with Gasteiger partial charge in [0.05, 0.1) is 5.69 Å². The first-order valence-electron chi connectivity index (χ1n) is 3.24. The van der Waals surface area contributed by atoms with Gasteiger partial charge < -0.3 is 5.73 Å². The van der Waals surface area contributed by atoms with Gasteiger partial charge in [0.15, 0.2) is 0 Å². The average Bonchev–Trinajstić information content (AvgIpc) is 1.95. The highest BCUT2D eigenvalue weighted by Crippen LogP contribution is 2.08. The highest BCUT2D eigenvalue weighted by Gasteiger charge is 2.01. The van der Waals surface area contributed by atoms with E-state index in [-0.39, 0.29) is 5.82 Å². The maximum atomic E-state index is 12.9. The summed E-state index contributed by atoms with van der Waals surface area (Å²) in [4.78, 5) is 3.91. The Bertz CT molecular complexity index is 252. The van der Waals surface area contributed by atoms with Gasteiger partial charge >= 0.3 is 0 Å². The van der Waals surface area contributed by atoms with Crippen LogP contribution in [-0.2, 0) is 6.42 Å². The Morgan fingerprint density at radius 2 is 2.36 bits per heavy atom. The second-order valence-corrected chi connectivity index (χ2v) is 3.37. The van der Waals surface area contributed by atoms with Gasteiger partial charge in [-0.05, 0) is 35.2 Å². The Morgan fingerprint density at radius 1 is 1.64 bits per heavy atom.